The third-order valence-electron chi connectivity index (χ3n) is 3.59. The molecule has 4 nitrogen and oxygen atoms in total. The first-order chi connectivity index (χ1) is 11.6. The van der Waals surface area contributed by atoms with Crippen molar-refractivity contribution in [2.45, 2.75) is 11.4 Å². The third-order valence-corrected chi connectivity index (χ3v) is 5.01. The smallest absolute Gasteiger partial charge is 0.240 e. The summed E-state index contributed by atoms with van der Waals surface area (Å²) in [5.41, 5.74) is 2.15. The number of aromatic nitrogens is 1. The Morgan fingerprint density at radius 1 is 0.875 bits per heavy atom. The van der Waals surface area contributed by atoms with Crippen LogP contribution >= 0.6 is 0 Å². The molecule has 122 valence electrons. The number of rotatable bonds is 5. The third kappa shape index (κ3) is 3.67. The zero-order valence-corrected chi connectivity index (χ0v) is 13.5. The Morgan fingerprint density at radius 2 is 1.50 bits per heavy atom. The predicted octanol–water partition coefficient (Wildman–Crippen LogP) is 3.37. The number of pyridine rings is 1. The van der Waals surface area contributed by atoms with Crippen LogP contribution in [-0.2, 0) is 16.6 Å². The molecule has 0 bridgehead atoms. The van der Waals surface area contributed by atoms with E-state index in [9.17, 15) is 12.8 Å². The summed E-state index contributed by atoms with van der Waals surface area (Å²) in [5.74, 6) is -0.437. The summed E-state index contributed by atoms with van der Waals surface area (Å²) in [7, 11) is -3.70. The molecule has 0 atom stereocenters. The maximum absolute atomic E-state index is 13.6. The highest BCUT2D eigenvalue weighted by Gasteiger charge is 2.14. The zero-order chi connectivity index (χ0) is 17.0. The molecule has 1 heterocycles. The average Bonchev–Trinajstić information content (AvgIpc) is 2.62. The number of sulfonamides is 1. The van der Waals surface area contributed by atoms with Crippen LogP contribution < -0.4 is 4.72 Å². The van der Waals surface area contributed by atoms with Crippen LogP contribution in [0.3, 0.4) is 0 Å². The molecule has 6 heteroatoms. The van der Waals surface area contributed by atoms with Gasteiger partial charge in [0, 0.05) is 24.5 Å². The van der Waals surface area contributed by atoms with Crippen LogP contribution in [0.5, 0.6) is 0 Å². The standard InChI is InChI=1S/C18H15FN2O2S/c19-18-4-2-1-3-16(18)13-21-24(22,23)17-7-5-14(6-8-17)15-9-11-20-12-10-15/h1-12,21H,13H2. The molecule has 1 aromatic heterocycles. The van der Waals surface area contributed by atoms with E-state index in [1.54, 1.807) is 42.7 Å². The maximum Gasteiger partial charge on any atom is 0.240 e. The monoisotopic (exact) mass is 342 g/mol. The SMILES string of the molecule is O=S(=O)(NCc1ccccc1F)c1ccc(-c2ccncc2)cc1. The number of benzene rings is 2. The van der Waals surface area contributed by atoms with Gasteiger partial charge in [0.2, 0.25) is 10.0 Å². The first-order valence-corrected chi connectivity index (χ1v) is 8.78. The number of nitrogens with one attached hydrogen (secondary N) is 1. The van der Waals surface area contributed by atoms with E-state index in [-0.39, 0.29) is 11.4 Å². The molecule has 0 amide bonds. The minimum atomic E-state index is -3.70. The summed E-state index contributed by atoms with van der Waals surface area (Å²) in [5, 5.41) is 0. The minimum absolute atomic E-state index is 0.0961. The lowest BCUT2D eigenvalue weighted by Crippen LogP contribution is -2.23. The lowest BCUT2D eigenvalue weighted by atomic mass is 10.1. The first-order valence-electron chi connectivity index (χ1n) is 7.30. The summed E-state index contributed by atoms with van der Waals surface area (Å²) < 4.78 is 40.6. The van der Waals surface area contributed by atoms with E-state index in [0.717, 1.165) is 11.1 Å². The van der Waals surface area contributed by atoms with E-state index in [1.807, 2.05) is 12.1 Å². The summed E-state index contributed by atoms with van der Waals surface area (Å²) in [6.07, 6.45) is 3.35. The zero-order valence-electron chi connectivity index (χ0n) is 12.7. The molecule has 0 unspecified atom stereocenters. The quantitative estimate of drug-likeness (QED) is 0.773. The van der Waals surface area contributed by atoms with Gasteiger partial charge in [-0.05, 0) is 41.5 Å². The van der Waals surface area contributed by atoms with Gasteiger partial charge in [-0.2, -0.15) is 0 Å². The van der Waals surface area contributed by atoms with Crippen molar-refractivity contribution < 1.29 is 12.8 Å². The Bertz CT molecular complexity index is 927. The fraction of sp³-hybridized carbons (Fsp3) is 0.0556. The molecule has 0 saturated carbocycles. The van der Waals surface area contributed by atoms with Crippen LogP contribution in [0.4, 0.5) is 4.39 Å². The van der Waals surface area contributed by atoms with E-state index in [0.29, 0.717) is 5.56 Å². The molecule has 0 fully saturated rings. The van der Waals surface area contributed by atoms with E-state index in [1.165, 1.54) is 18.2 Å². The van der Waals surface area contributed by atoms with Gasteiger partial charge in [0.05, 0.1) is 4.90 Å². The van der Waals surface area contributed by atoms with E-state index in [2.05, 4.69) is 9.71 Å². The molecular formula is C18H15FN2O2S. The molecule has 1 N–H and O–H groups in total. The second kappa shape index (κ2) is 6.90. The fourth-order valence-corrected chi connectivity index (χ4v) is 3.28. The predicted molar refractivity (Wildman–Crippen MR) is 90.1 cm³/mol. The van der Waals surface area contributed by atoms with E-state index < -0.39 is 15.8 Å². The van der Waals surface area contributed by atoms with Crippen molar-refractivity contribution in [2.24, 2.45) is 0 Å². The number of hydrogen-bond acceptors (Lipinski definition) is 3. The second-order valence-electron chi connectivity index (χ2n) is 5.18. The molecule has 0 radical (unpaired) electrons. The molecule has 0 aliphatic rings. The summed E-state index contributed by atoms with van der Waals surface area (Å²) in [4.78, 5) is 4.09. The van der Waals surface area contributed by atoms with Crippen LogP contribution in [0.15, 0.2) is 78.0 Å². The lowest BCUT2D eigenvalue weighted by molar-refractivity contribution is 0.574. The van der Waals surface area contributed by atoms with Crippen molar-refractivity contribution in [3.8, 4) is 11.1 Å². The first kappa shape index (κ1) is 16.3. The van der Waals surface area contributed by atoms with Gasteiger partial charge in [0.1, 0.15) is 5.82 Å². The van der Waals surface area contributed by atoms with Crippen molar-refractivity contribution >= 4 is 10.0 Å². The van der Waals surface area contributed by atoms with Crippen molar-refractivity contribution in [1.29, 1.82) is 0 Å². The molecule has 3 rings (SSSR count). The highest BCUT2D eigenvalue weighted by Crippen LogP contribution is 2.20. The molecule has 0 saturated heterocycles. The average molecular weight is 342 g/mol. The number of halogens is 1. The molecule has 2 aromatic carbocycles. The Morgan fingerprint density at radius 3 is 2.17 bits per heavy atom. The van der Waals surface area contributed by atoms with E-state index in [4.69, 9.17) is 0 Å². The largest absolute Gasteiger partial charge is 0.265 e. The number of nitrogens with zero attached hydrogens (tertiary/aromatic N) is 1. The minimum Gasteiger partial charge on any atom is -0.265 e. The summed E-state index contributed by atoms with van der Waals surface area (Å²) in [6.45, 7) is -0.0961. The highest BCUT2D eigenvalue weighted by molar-refractivity contribution is 7.89. The molecule has 3 aromatic rings. The van der Waals surface area contributed by atoms with Crippen LogP contribution in [0, 0.1) is 5.82 Å². The van der Waals surface area contributed by atoms with Crippen molar-refractivity contribution in [2.75, 3.05) is 0 Å². The topological polar surface area (TPSA) is 59.1 Å². The van der Waals surface area contributed by atoms with E-state index >= 15 is 0 Å². The fourth-order valence-electron chi connectivity index (χ4n) is 2.27. The molecule has 24 heavy (non-hydrogen) atoms. The van der Waals surface area contributed by atoms with Crippen LogP contribution in [0.1, 0.15) is 5.56 Å². The second-order valence-corrected chi connectivity index (χ2v) is 6.94. The molecule has 0 spiro atoms. The summed E-state index contributed by atoms with van der Waals surface area (Å²) in [6, 6.07) is 16.3. The molecule has 0 aliphatic heterocycles. The Labute approximate surface area is 140 Å². The van der Waals surface area contributed by atoms with Gasteiger partial charge in [0.25, 0.3) is 0 Å². The summed E-state index contributed by atoms with van der Waals surface area (Å²) >= 11 is 0. The van der Waals surface area contributed by atoms with Gasteiger partial charge in [-0.3, -0.25) is 4.98 Å². The van der Waals surface area contributed by atoms with Crippen LogP contribution in [-0.4, -0.2) is 13.4 Å². The van der Waals surface area contributed by atoms with Crippen molar-refractivity contribution in [3.05, 3.63) is 84.4 Å². The van der Waals surface area contributed by atoms with Gasteiger partial charge >= 0.3 is 0 Å². The van der Waals surface area contributed by atoms with Gasteiger partial charge in [-0.1, -0.05) is 30.3 Å². The Hall–Kier alpha value is -2.57. The van der Waals surface area contributed by atoms with Crippen LogP contribution in [0.25, 0.3) is 11.1 Å². The number of hydrogen-bond donors (Lipinski definition) is 1. The maximum atomic E-state index is 13.6. The Kier molecular flexibility index (Phi) is 4.69. The highest BCUT2D eigenvalue weighted by atomic mass is 32.2. The van der Waals surface area contributed by atoms with Gasteiger partial charge in [-0.25, -0.2) is 17.5 Å². The van der Waals surface area contributed by atoms with Gasteiger partial charge < -0.3 is 0 Å². The normalized spacial score (nSPS) is 11.4. The molecule has 0 aliphatic carbocycles. The molecular weight excluding hydrogens is 327 g/mol. The van der Waals surface area contributed by atoms with Crippen molar-refractivity contribution in [1.82, 2.24) is 9.71 Å². The van der Waals surface area contributed by atoms with Gasteiger partial charge in [-0.15, -0.1) is 0 Å². The van der Waals surface area contributed by atoms with Crippen LogP contribution in [0.2, 0.25) is 0 Å². The van der Waals surface area contributed by atoms with Crippen molar-refractivity contribution in [3.63, 3.8) is 0 Å². The lowest BCUT2D eigenvalue weighted by Gasteiger charge is -2.08. The Balaban J connectivity index is 1.76. The van der Waals surface area contributed by atoms with Gasteiger partial charge in [0.15, 0.2) is 0 Å².